The number of nitrogens with zero attached hydrogens (tertiary/aromatic N) is 2. The first-order valence-corrected chi connectivity index (χ1v) is 9.80. The van der Waals surface area contributed by atoms with Crippen LogP contribution in [0.4, 0.5) is 16.2 Å². The number of hydrogen-bond acceptors (Lipinski definition) is 6. The highest BCUT2D eigenvalue weighted by Crippen LogP contribution is 2.20. The van der Waals surface area contributed by atoms with E-state index in [0.717, 1.165) is 11.1 Å². The molecule has 8 heteroatoms. The lowest BCUT2D eigenvalue weighted by Crippen LogP contribution is -2.35. The lowest BCUT2D eigenvalue weighted by atomic mass is 10.1. The van der Waals surface area contributed by atoms with Crippen LogP contribution in [0.5, 0.6) is 0 Å². The van der Waals surface area contributed by atoms with Crippen LogP contribution in [0, 0.1) is 25.2 Å². The van der Waals surface area contributed by atoms with E-state index in [2.05, 4.69) is 5.32 Å². The molecule has 0 saturated carbocycles. The fraction of sp³-hybridized carbons (Fsp3) is 0.304. The van der Waals surface area contributed by atoms with E-state index < -0.39 is 24.6 Å². The minimum Gasteiger partial charge on any atom is -0.452 e. The third-order valence-corrected chi connectivity index (χ3v) is 4.21. The second kappa shape index (κ2) is 11.4. The molecule has 0 bridgehead atoms. The van der Waals surface area contributed by atoms with Gasteiger partial charge in [0.2, 0.25) is 0 Å². The van der Waals surface area contributed by atoms with E-state index in [1.165, 1.54) is 17.0 Å². The minimum absolute atomic E-state index is 0.147. The van der Waals surface area contributed by atoms with Crippen molar-refractivity contribution in [3.63, 3.8) is 0 Å². The Kier molecular flexibility index (Phi) is 8.58. The molecule has 0 aliphatic carbocycles. The van der Waals surface area contributed by atoms with Crippen molar-refractivity contribution in [1.29, 1.82) is 5.26 Å². The fourth-order valence-electron chi connectivity index (χ4n) is 2.96. The zero-order valence-corrected chi connectivity index (χ0v) is 17.8. The average Bonchev–Trinajstić information content (AvgIpc) is 2.72. The number of carbonyl (C=O) groups is 3. The number of benzene rings is 2. The van der Waals surface area contributed by atoms with Gasteiger partial charge in [-0.1, -0.05) is 12.1 Å². The molecule has 0 heterocycles. The molecule has 0 aliphatic rings. The summed E-state index contributed by atoms with van der Waals surface area (Å²) in [4.78, 5) is 38.1. The minimum atomic E-state index is -0.707. The molecule has 1 N–H and O–H groups in total. The van der Waals surface area contributed by atoms with Gasteiger partial charge in [-0.05, 0) is 62.2 Å². The van der Waals surface area contributed by atoms with Gasteiger partial charge in [0.05, 0.1) is 24.7 Å². The number of nitrogens with one attached hydrogen (secondary N) is 1. The summed E-state index contributed by atoms with van der Waals surface area (Å²) >= 11 is 0. The number of aryl methyl sites for hydroxylation is 2. The maximum Gasteiger partial charge on any atom is 0.411 e. The van der Waals surface area contributed by atoms with Crippen LogP contribution in [0.2, 0.25) is 0 Å². The van der Waals surface area contributed by atoms with E-state index in [9.17, 15) is 14.4 Å². The molecule has 2 aromatic carbocycles. The first-order valence-electron chi connectivity index (χ1n) is 9.80. The number of carbonyl (C=O) groups excluding carboxylic acids is 3. The zero-order valence-electron chi connectivity index (χ0n) is 17.8. The Labute approximate surface area is 181 Å². The summed E-state index contributed by atoms with van der Waals surface area (Å²) in [5.74, 6) is -1.14. The Balaban J connectivity index is 2.07. The van der Waals surface area contributed by atoms with Crippen molar-refractivity contribution in [2.75, 3.05) is 30.0 Å². The highest BCUT2D eigenvalue weighted by Gasteiger charge is 2.19. The first-order chi connectivity index (χ1) is 14.8. The molecule has 0 atom stereocenters. The Bertz CT molecular complexity index is 977. The van der Waals surface area contributed by atoms with Crippen molar-refractivity contribution < 1.29 is 23.9 Å². The molecule has 162 valence electrons. The molecule has 2 amide bonds. The Hall–Kier alpha value is -3.86. The van der Waals surface area contributed by atoms with Gasteiger partial charge in [-0.2, -0.15) is 5.26 Å². The molecule has 0 radical (unpaired) electrons. The second-order valence-electron chi connectivity index (χ2n) is 6.80. The first kappa shape index (κ1) is 23.4. The number of ether oxygens (including phenoxy) is 2. The Morgan fingerprint density at radius 1 is 1.06 bits per heavy atom. The number of hydrogen-bond donors (Lipinski definition) is 1. The molecule has 2 aromatic rings. The van der Waals surface area contributed by atoms with Gasteiger partial charge in [0.15, 0.2) is 6.61 Å². The number of rotatable bonds is 8. The van der Waals surface area contributed by atoms with Crippen molar-refractivity contribution in [2.45, 2.75) is 27.2 Å². The van der Waals surface area contributed by atoms with Gasteiger partial charge >= 0.3 is 12.1 Å². The maximum atomic E-state index is 12.8. The maximum absolute atomic E-state index is 12.8. The SMILES string of the molecule is CCOC(=O)Nc1cccc(C(=O)OCC(=O)N(CCC#N)c2cc(C)cc(C)c2)c1. The lowest BCUT2D eigenvalue weighted by Gasteiger charge is -2.22. The van der Waals surface area contributed by atoms with Crippen molar-refractivity contribution in [3.05, 3.63) is 59.2 Å². The predicted octanol–water partition coefficient (Wildman–Crippen LogP) is 3.98. The molecule has 0 aromatic heterocycles. The summed E-state index contributed by atoms with van der Waals surface area (Å²) in [5.41, 5.74) is 3.15. The monoisotopic (exact) mass is 423 g/mol. The summed E-state index contributed by atoms with van der Waals surface area (Å²) < 4.78 is 9.99. The molecule has 0 spiro atoms. The third kappa shape index (κ3) is 7.16. The van der Waals surface area contributed by atoms with Crippen LogP contribution < -0.4 is 10.2 Å². The molecule has 0 unspecified atom stereocenters. The summed E-state index contributed by atoms with van der Waals surface area (Å²) in [6.45, 7) is 5.45. The summed E-state index contributed by atoms with van der Waals surface area (Å²) in [7, 11) is 0. The summed E-state index contributed by atoms with van der Waals surface area (Å²) in [6.07, 6.45) is -0.487. The number of esters is 1. The molecular weight excluding hydrogens is 398 g/mol. The van der Waals surface area contributed by atoms with Crippen molar-refractivity contribution >= 4 is 29.3 Å². The molecule has 0 fully saturated rings. The van der Waals surface area contributed by atoms with Crippen LogP contribution in [-0.2, 0) is 14.3 Å². The van der Waals surface area contributed by atoms with Crippen molar-refractivity contribution in [3.8, 4) is 6.07 Å². The number of amides is 2. The zero-order chi connectivity index (χ0) is 22.8. The predicted molar refractivity (Wildman–Crippen MR) is 116 cm³/mol. The van der Waals surface area contributed by atoms with Crippen molar-refractivity contribution in [1.82, 2.24) is 0 Å². The molecule has 8 nitrogen and oxygen atoms in total. The topological polar surface area (TPSA) is 109 Å². The fourth-order valence-corrected chi connectivity index (χ4v) is 2.96. The van der Waals surface area contributed by atoms with E-state index >= 15 is 0 Å². The molecule has 31 heavy (non-hydrogen) atoms. The van der Waals surface area contributed by atoms with Crippen molar-refractivity contribution in [2.24, 2.45) is 0 Å². The highest BCUT2D eigenvalue weighted by molar-refractivity contribution is 5.98. The highest BCUT2D eigenvalue weighted by atomic mass is 16.5. The van der Waals surface area contributed by atoms with Crippen LogP contribution in [-0.4, -0.2) is 37.7 Å². The van der Waals surface area contributed by atoms with E-state index in [4.69, 9.17) is 14.7 Å². The molecule has 0 saturated heterocycles. The largest absolute Gasteiger partial charge is 0.452 e. The van der Waals surface area contributed by atoms with E-state index in [1.54, 1.807) is 19.1 Å². The smallest absolute Gasteiger partial charge is 0.411 e. The average molecular weight is 423 g/mol. The second-order valence-corrected chi connectivity index (χ2v) is 6.80. The molecular formula is C23H25N3O5. The van der Waals surface area contributed by atoms with Gasteiger partial charge in [0, 0.05) is 17.9 Å². The quantitative estimate of drug-likeness (QED) is 0.644. The van der Waals surface area contributed by atoms with Crippen LogP contribution in [0.3, 0.4) is 0 Å². The Morgan fingerprint density at radius 2 is 1.77 bits per heavy atom. The third-order valence-electron chi connectivity index (χ3n) is 4.21. The summed E-state index contributed by atoms with van der Waals surface area (Å²) in [5, 5.41) is 11.4. The Morgan fingerprint density at radius 3 is 2.42 bits per heavy atom. The van der Waals surface area contributed by atoms with Crippen LogP contribution in [0.25, 0.3) is 0 Å². The van der Waals surface area contributed by atoms with E-state index in [-0.39, 0.29) is 25.1 Å². The van der Waals surface area contributed by atoms with E-state index in [1.807, 2.05) is 38.1 Å². The van der Waals surface area contributed by atoms with Gasteiger partial charge in [-0.25, -0.2) is 9.59 Å². The summed E-state index contributed by atoms with van der Waals surface area (Å²) in [6, 6.07) is 13.8. The number of nitriles is 1. The van der Waals surface area contributed by atoms with Gasteiger partial charge in [0.1, 0.15) is 0 Å². The number of anilines is 2. The van der Waals surface area contributed by atoms with Gasteiger partial charge in [-0.3, -0.25) is 10.1 Å². The molecule has 2 rings (SSSR count). The van der Waals surface area contributed by atoms with Crippen LogP contribution in [0.15, 0.2) is 42.5 Å². The van der Waals surface area contributed by atoms with E-state index in [0.29, 0.717) is 11.4 Å². The standard InChI is InChI=1S/C23H25N3O5/c1-4-30-23(29)25-19-8-5-7-18(14-19)22(28)31-15-21(27)26(10-6-9-24)20-12-16(2)11-17(3)13-20/h5,7-8,11-14H,4,6,10,15H2,1-3H3,(H,25,29). The lowest BCUT2D eigenvalue weighted by molar-refractivity contribution is -0.121. The van der Waals surface area contributed by atoms with Crippen LogP contribution >= 0.6 is 0 Å². The van der Waals surface area contributed by atoms with Gasteiger partial charge < -0.3 is 14.4 Å². The van der Waals surface area contributed by atoms with Gasteiger partial charge in [0.25, 0.3) is 5.91 Å². The van der Waals surface area contributed by atoms with Gasteiger partial charge in [-0.15, -0.1) is 0 Å². The van der Waals surface area contributed by atoms with Crippen LogP contribution in [0.1, 0.15) is 34.8 Å². The molecule has 0 aliphatic heterocycles. The normalized spacial score (nSPS) is 10.0.